The summed E-state index contributed by atoms with van der Waals surface area (Å²) < 4.78 is 12.5. The van der Waals surface area contributed by atoms with Crippen LogP contribution in [0.3, 0.4) is 0 Å². The summed E-state index contributed by atoms with van der Waals surface area (Å²) in [6.07, 6.45) is -0.288. The van der Waals surface area contributed by atoms with Crippen LogP contribution in [0.25, 0.3) is 0 Å². The Labute approximate surface area is 176 Å². The number of fused-ring (bicyclic) bond motifs is 1. The third kappa shape index (κ3) is 4.31. The van der Waals surface area contributed by atoms with Gasteiger partial charge in [0.1, 0.15) is 13.1 Å². The summed E-state index contributed by atoms with van der Waals surface area (Å²) in [5.41, 5.74) is 0. The molecule has 11 heteroatoms. The average Bonchev–Trinajstić information content (AvgIpc) is 3.10. The van der Waals surface area contributed by atoms with Gasteiger partial charge in [-0.25, -0.2) is 14.2 Å². The fourth-order valence-corrected chi connectivity index (χ4v) is 3.84. The summed E-state index contributed by atoms with van der Waals surface area (Å²) in [6.45, 7) is 8.67. The Morgan fingerprint density at radius 1 is 1.10 bits per heavy atom. The van der Waals surface area contributed by atoms with Crippen LogP contribution in [0.1, 0.15) is 13.8 Å². The summed E-state index contributed by atoms with van der Waals surface area (Å²) in [5, 5.41) is 0. The quantitative estimate of drug-likeness (QED) is 0.405. The molecule has 0 saturated carbocycles. The average molecular weight is 423 g/mol. The van der Waals surface area contributed by atoms with Crippen molar-refractivity contribution in [2.24, 2.45) is 4.99 Å². The van der Waals surface area contributed by atoms with Gasteiger partial charge in [0, 0.05) is 46.9 Å². The molecule has 0 aliphatic carbocycles. The van der Waals surface area contributed by atoms with Gasteiger partial charge < -0.3 is 14.4 Å². The number of hydrogen-bond donors (Lipinski definition) is 0. The van der Waals surface area contributed by atoms with Gasteiger partial charge in [-0.05, 0) is 18.8 Å². The summed E-state index contributed by atoms with van der Waals surface area (Å²) in [5.74, 6) is 0.915. The molecule has 0 aromatic carbocycles. The van der Waals surface area contributed by atoms with Gasteiger partial charge in [-0.15, -0.1) is 0 Å². The number of imide groups is 1. The van der Waals surface area contributed by atoms with Crippen LogP contribution < -0.4 is 0 Å². The highest BCUT2D eigenvalue weighted by Crippen LogP contribution is 2.19. The molecule has 1 atom stereocenters. The standard InChI is InChI=1S/C19H31N6O5/c1-5-29-12-11-25-14(13-23-7-9-24(10-8-23)19(28)30-6-2)20-16-15(25)17(26)22(4)18(27)21(16)3/h15H,5-13H2,1-4H3/q+1. The molecule has 3 heterocycles. The molecule has 2 saturated heterocycles. The van der Waals surface area contributed by atoms with Gasteiger partial charge in [0.2, 0.25) is 0 Å². The van der Waals surface area contributed by atoms with E-state index in [0.29, 0.717) is 64.9 Å². The number of aliphatic imine (C=N–C) groups is 1. The summed E-state index contributed by atoms with van der Waals surface area (Å²) in [4.78, 5) is 48.2. The predicted molar refractivity (Wildman–Crippen MR) is 109 cm³/mol. The number of urea groups is 1. The van der Waals surface area contributed by atoms with Gasteiger partial charge in [-0.3, -0.25) is 19.5 Å². The molecule has 3 aliphatic heterocycles. The third-order valence-corrected chi connectivity index (χ3v) is 5.56. The smallest absolute Gasteiger partial charge is 0.409 e. The molecule has 11 nitrogen and oxygen atoms in total. The first-order valence-corrected chi connectivity index (χ1v) is 10.4. The number of likely N-dealkylation sites (N-methyl/N-ethyl adjacent to an activating group) is 2. The molecule has 0 spiro atoms. The van der Waals surface area contributed by atoms with Crippen molar-refractivity contribution in [2.45, 2.75) is 19.9 Å². The van der Waals surface area contributed by atoms with Crippen LogP contribution >= 0.6 is 0 Å². The Morgan fingerprint density at radius 3 is 2.43 bits per heavy atom. The van der Waals surface area contributed by atoms with Gasteiger partial charge >= 0.3 is 18.0 Å². The SMILES string of the molecule is CCOCC[N+]1=C(CN2CCN(C(=O)OCC)CC2)N=C2C1C(=O)N(C)C(=O)N2C. The molecule has 30 heavy (non-hydrogen) atoms. The zero-order valence-corrected chi connectivity index (χ0v) is 18.2. The van der Waals surface area contributed by atoms with Crippen molar-refractivity contribution in [3.05, 3.63) is 0 Å². The van der Waals surface area contributed by atoms with Crippen LogP contribution in [0.15, 0.2) is 4.99 Å². The van der Waals surface area contributed by atoms with Crippen molar-refractivity contribution >= 4 is 29.7 Å². The van der Waals surface area contributed by atoms with Gasteiger partial charge in [-0.2, -0.15) is 0 Å². The van der Waals surface area contributed by atoms with Crippen molar-refractivity contribution in [1.82, 2.24) is 19.6 Å². The second-order valence-corrected chi connectivity index (χ2v) is 7.38. The Hall–Kier alpha value is -2.53. The highest BCUT2D eigenvalue weighted by Gasteiger charge is 2.53. The van der Waals surface area contributed by atoms with Crippen molar-refractivity contribution in [2.75, 3.05) is 73.2 Å². The Kier molecular flexibility index (Phi) is 7.03. The first-order chi connectivity index (χ1) is 14.4. The largest absolute Gasteiger partial charge is 0.450 e. The lowest BCUT2D eigenvalue weighted by atomic mass is 10.1. The van der Waals surface area contributed by atoms with Gasteiger partial charge in [0.15, 0.2) is 0 Å². The highest BCUT2D eigenvalue weighted by atomic mass is 16.6. The molecule has 3 aliphatic rings. The molecule has 0 N–H and O–H groups in total. The Bertz CT molecular complexity index is 759. The molecule has 4 amide bonds. The van der Waals surface area contributed by atoms with Crippen molar-refractivity contribution in [3.63, 3.8) is 0 Å². The summed E-state index contributed by atoms with van der Waals surface area (Å²) in [7, 11) is 3.13. The minimum Gasteiger partial charge on any atom is -0.450 e. The van der Waals surface area contributed by atoms with Crippen LogP contribution in [-0.2, 0) is 14.3 Å². The van der Waals surface area contributed by atoms with Gasteiger partial charge in [0.25, 0.3) is 17.8 Å². The van der Waals surface area contributed by atoms with Crippen molar-refractivity contribution in [3.8, 4) is 0 Å². The molecule has 1 unspecified atom stereocenters. The fraction of sp³-hybridized carbons (Fsp3) is 0.737. The Balaban J connectivity index is 1.75. The van der Waals surface area contributed by atoms with Crippen LogP contribution in [-0.4, -0.2) is 133 Å². The van der Waals surface area contributed by atoms with E-state index in [0.717, 1.165) is 10.7 Å². The lowest BCUT2D eigenvalue weighted by Crippen LogP contribution is -2.61. The number of carbonyl (C=O) groups is 3. The van der Waals surface area contributed by atoms with E-state index in [9.17, 15) is 14.4 Å². The second-order valence-electron chi connectivity index (χ2n) is 7.38. The molecule has 3 rings (SSSR count). The minimum absolute atomic E-state index is 0.282. The maximum atomic E-state index is 12.9. The number of piperazine rings is 1. The van der Waals surface area contributed by atoms with E-state index >= 15 is 0 Å². The molecule has 0 bridgehead atoms. The topological polar surface area (TPSA) is 98.0 Å². The summed E-state index contributed by atoms with van der Waals surface area (Å²) in [6, 6.07) is -1.00. The molecule has 0 aromatic rings. The van der Waals surface area contributed by atoms with E-state index in [4.69, 9.17) is 9.47 Å². The number of carbonyl (C=O) groups excluding carboxylic acids is 3. The lowest BCUT2D eigenvalue weighted by Gasteiger charge is -2.33. The van der Waals surface area contributed by atoms with Crippen molar-refractivity contribution < 1.29 is 28.4 Å². The molecule has 2 fully saturated rings. The first-order valence-electron chi connectivity index (χ1n) is 10.4. The van der Waals surface area contributed by atoms with Crippen LogP contribution in [0.4, 0.5) is 9.59 Å². The van der Waals surface area contributed by atoms with E-state index in [1.54, 1.807) is 18.9 Å². The van der Waals surface area contributed by atoms with E-state index in [-0.39, 0.29) is 18.0 Å². The normalized spacial score (nSPS) is 22.6. The van der Waals surface area contributed by atoms with E-state index in [1.165, 1.54) is 11.9 Å². The van der Waals surface area contributed by atoms with Gasteiger partial charge in [0.05, 0.1) is 13.2 Å². The molecular formula is C19H31N6O5+. The zero-order chi connectivity index (χ0) is 21.8. The number of amidine groups is 2. The fourth-order valence-electron chi connectivity index (χ4n) is 3.84. The Morgan fingerprint density at radius 2 is 1.80 bits per heavy atom. The van der Waals surface area contributed by atoms with Crippen molar-refractivity contribution in [1.29, 1.82) is 0 Å². The van der Waals surface area contributed by atoms with E-state index < -0.39 is 6.04 Å². The van der Waals surface area contributed by atoms with E-state index in [1.807, 2.05) is 11.5 Å². The van der Waals surface area contributed by atoms with E-state index in [2.05, 4.69) is 9.89 Å². The van der Waals surface area contributed by atoms with Crippen LogP contribution in [0, 0.1) is 0 Å². The number of nitrogens with zero attached hydrogens (tertiary/aromatic N) is 6. The second kappa shape index (κ2) is 9.52. The molecular weight excluding hydrogens is 392 g/mol. The number of rotatable bonds is 7. The van der Waals surface area contributed by atoms with Crippen LogP contribution in [0.2, 0.25) is 0 Å². The molecule has 166 valence electrons. The maximum absolute atomic E-state index is 12.9. The van der Waals surface area contributed by atoms with Crippen LogP contribution in [0.5, 0.6) is 0 Å². The zero-order valence-electron chi connectivity index (χ0n) is 18.2. The summed E-state index contributed by atoms with van der Waals surface area (Å²) >= 11 is 0. The maximum Gasteiger partial charge on any atom is 0.409 e. The van der Waals surface area contributed by atoms with Gasteiger partial charge in [-0.1, -0.05) is 0 Å². The number of hydrogen-bond acceptors (Lipinski definition) is 7. The number of ether oxygens (including phenoxy) is 2. The highest BCUT2D eigenvalue weighted by molar-refractivity contribution is 6.23. The monoisotopic (exact) mass is 423 g/mol. The number of amides is 4. The predicted octanol–water partition coefficient (Wildman–Crippen LogP) is -0.487. The third-order valence-electron chi connectivity index (χ3n) is 5.56. The molecule has 0 radical (unpaired) electrons. The first kappa shape index (κ1) is 22.2. The lowest BCUT2D eigenvalue weighted by molar-refractivity contribution is -0.539. The molecule has 0 aromatic heterocycles. The minimum atomic E-state index is -0.617.